The van der Waals surface area contributed by atoms with Crippen LogP contribution in [0.5, 0.6) is 0 Å². The Hall–Kier alpha value is -3.40. The summed E-state index contributed by atoms with van der Waals surface area (Å²) in [4.78, 5) is 30.4. The number of pyridine rings is 1. The van der Waals surface area contributed by atoms with Gasteiger partial charge in [-0.05, 0) is 61.0 Å². The molecule has 2 N–H and O–H groups in total. The molecule has 2 heterocycles. The molecule has 33 heavy (non-hydrogen) atoms. The lowest BCUT2D eigenvalue weighted by atomic mass is 10.2. The largest absolute Gasteiger partial charge is 0.350 e. The van der Waals surface area contributed by atoms with Crippen molar-refractivity contribution in [2.45, 2.75) is 11.8 Å². The Labute approximate surface area is 199 Å². The van der Waals surface area contributed by atoms with E-state index in [1.807, 2.05) is 0 Å². The number of carbonyl (C=O) groups excluding carboxylic acids is 2. The summed E-state index contributed by atoms with van der Waals surface area (Å²) in [6.07, 6.45) is 1.47. The molecule has 0 bridgehead atoms. The van der Waals surface area contributed by atoms with Crippen LogP contribution in [0.1, 0.15) is 5.56 Å². The molecule has 11 heteroatoms. The van der Waals surface area contributed by atoms with Crippen LogP contribution in [-0.4, -0.2) is 25.2 Å². The monoisotopic (exact) mass is 502 g/mol. The first-order valence-electron chi connectivity index (χ1n) is 9.53. The lowest BCUT2D eigenvalue weighted by Crippen LogP contribution is -2.32. The van der Waals surface area contributed by atoms with Crippen molar-refractivity contribution in [2.75, 3.05) is 14.9 Å². The lowest BCUT2D eigenvalue weighted by molar-refractivity contribution is -0.120. The minimum Gasteiger partial charge on any atom is -0.350 e. The van der Waals surface area contributed by atoms with Crippen molar-refractivity contribution in [1.29, 1.82) is 0 Å². The standard InChI is InChI=1S/C22H16Cl2N4O4S/c1-13-5-8-15(12-17(13)23)28-21(29)19(24)20(22(28)30)26-14-6-9-16(10-7-14)33(31,32)27-18-4-2-3-11-25-18/h2-12,26H,1H3,(H,25,27). The van der Waals surface area contributed by atoms with Crippen LogP contribution in [0, 0.1) is 6.92 Å². The predicted molar refractivity (Wildman–Crippen MR) is 127 cm³/mol. The highest BCUT2D eigenvalue weighted by molar-refractivity contribution is 7.92. The molecule has 0 spiro atoms. The molecule has 2 aromatic carbocycles. The Bertz CT molecular complexity index is 1390. The molecule has 4 rings (SSSR count). The predicted octanol–water partition coefficient (Wildman–Crippen LogP) is 4.28. The van der Waals surface area contributed by atoms with Crippen LogP contribution in [0.15, 0.2) is 82.5 Å². The maximum absolute atomic E-state index is 12.9. The minimum atomic E-state index is -3.86. The fourth-order valence-corrected chi connectivity index (χ4v) is 4.44. The summed E-state index contributed by atoms with van der Waals surface area (Å²) in [5, 5.41) is 2.92. The van der Waals surface area contributed by atoms with Gasteiger partial charge < -0.3 is 5.32 Å². The molecule has 0 saturated heterocycles. The summed E-state index contributed by atoms with van der Waals surface area (Å²) in [5.41, 5.74) is 1.33. The molecule has 0 aliphatic carbocycles. The van der Waals surface area contributed by atoms with E-state index in [1.165, 1.54) is 42.6 Å². The van der Waals surface area contributed by atoms with E-state index in [1.54, 1.807) is 31.2 Å². The molecule has 1 aliphatic rings. The van der Waals surface area contributed by atoms with Gasteiger partial charge >= 0.3 is 0 Å². The SMILES string of the molecule is Cc1ccc(N2C(=O)C(Cl)=C(Nc3ccc(S(=O)(=O)Nc4ccccn4)cc3)C2=O)cc1Cl. The van der Waals surface area contributed by atoms with Gasteiger partial charge in [0.25, 0.3) is 21.8 Å². The number of anilines is 3. The Kier molecular flexibility index (Phi) is 6.11. The molecule has 8 nitrogen and oxygen atoms in total. The number of amides is 2. The number of sulfonamides is 1. The van der Waals surface area contributed by atoms with E-state index >= 15 is 0 Å². The van der Waals surface area contributed by atoms with Crippen molar-refractivity contribution in [3.05, 3.63) is 88.2 Å². The Balaban J connectivity index is 1.53. The van der Waals surface area contributed by atoms with Crippen molar-refractivity contribution in [3.8, 4) is 0 Å². The van der Waals surface area contributed by atoms with E-state index in [9.17, 15) is 18.0 Å². The molecule has 0 fully saturated rings. The second-order valence-corrected chi connectivity index (χ2v) is 9.51. The number of carbonyl (C=O) groups is 2. The van der Waals surface area contributed by atoms with Gasteiger partial charge in [0.05, 0.1) is 10.6 Å². The maximum Gasteiger partial charge on any atom is 0.283 e. The van der Waals surface area contributed by atoms with Gasteiger partial charge in [0, 0.05) is 16.9 Å². The smallest absolute Gasteiger partial charge is 0.283 e. The lowest BCUT2D eigenvalue weighted by Gasteiger charge is -2.16. The molecule has 1 aliphatic heterocycles. The van der Waals surface area contributed by atoms with E-state index in [0.717, 1.165) is 10.5 Å². The summed E-state index contributed by atoms with van der Waals surface area (Å²) < 4.78 is 27.4. The van der Waals surface area contributed by atoms with Gasteiger partial charge in [0.15, 0.2) is 0 Å². The molecular weight excluding hydrogens is 487 g/mol. The van der Waals surface area contributed by atoms with Crippen molar-refractivity contribution >= 4 is 62.2 Å². The van der Waals surface area contributed by atoms with Crippen LogP contribution in [-0.2, 0) is 19.6 Å². The van der Waals surface area contributed by atoms with Crippen LogP contribution in [0.2, 0.25) is 5.02 Å². The Morgan fingerprint density at radius 1 is 0.939 bits per heavy atom. The van der Waals surface area contributed by atoms with Gasteiger partial charge in [0.2, 0.25) is 0 Å². The molecular formula is C22H16Cl2N4O4S. The summed E-state index contributed by atoms with van der Waals surface area (Å²) in [6.45, 7) is 1.80. The summed E-state index contributed by atoms with van der Waals surface area (Å²) in [6, 6.07) is 15.2. The first kappa shape index (κ1) is 22.8. The maximum atomic E-state index is 12.9. The highest BCUT2D eigenvalue weighted by Crippen LogP contribution is 2.32. The van der Waals surface area contributed by atoms with Crippen LogP contribution in [0.4, 0.5) is 17.2 Å². The number of imide groups is 1. The number of benzene rings is 2. The number of hydrogen-bond acceptors (Lipinski definition) is 6. The minimum absolute atomic E-state index is 0.0106. The Morgan fingerprint density at radius 3 is 2.30 bits per heavy atom. The molecule has 168 valence electrons. The van der Waals surface area contributed by atoms with Crippen LogP contribution in [0.25, 0.3) is 0 Å². The molecule has 0 radical (unpaired) electrons. The number of aromatic nitrogens is 1. The topological polar surface area (TPSA) is 108 Å². The van der Waals surface area contributed by atoms with Gasteiger partial charge in [0.1, 0.15) is 16.5 Å². The average Bonchev–Trinajstić information content (AvgIpc) is 3.00. The number of rotatable bonds is 6. The zero-order chi connectivity index (χ0) is 23.8. The average molecular weight is 503 g/mol. The zero-order valence-electron chi connectivity index (χ0n) is 17.0. The number of nitrogens with one attached hydrogen (secondary N) is 2. The van der Waals surface area contributed by atoms with Crippen LogP contribution >= 0.6 is 23.2 Å². The highest BCUT2D eigenvalue weighted by Gasteiger charge is 2.39. The van der Waals surface area contributed by atoms with E-state index in [4.69, 9.17) is 23.2 Å². The number of nitrogens with zero attached hydrogens (tertiary/aromatic N) is 2. The fourth-order valence-electron chi connectivity index (χ4n) is 3.05. The van der Waals surface area contributed by atoms with Crippen molar-refractivity contribution in [2.24, 2.45) is 0 Å². The molecule has 0 unspecified atom stereocenters. The fraction of sp³-hybridized carbons (Fsp3) is 0.0455. The van der Waals surface area contributed by atoms with E-state index in [0.29, 0.717) is 10.7 Å². The molecule has 0 atom stereocenters. The van der Waals surface area contributed by atoms with Crippen molar-refractivity contribution in [3.63, 3.8) is 0 Å². The summed E-state index contributed by atoms with van der Waals surface area (Å²) in [7, 11) is -3.86. The summed E-state index contributed by atoms with van der Waals surface area (Å²) in [5.74, 6) is -1.16. The normalized spacial score (nSPS) is 14.1. The van der Waals surface area contributed by atoms with Crippen molar-refractivity contribution < 1.29 is 18.0 Å². The number of halogens is 2. The van der Waals surface area contributed by atoms with E-state index in [-0.39, 0.29) is 27.1 Å². The van der Waals surface area contributed by atoms with Gasteiger partial charge in [-0.1, -0.05) is 35.3 Å². The molecule has 1 aromatic heterocycles. The quantitative estimate of drug-likeness (QED) is 0.487. The van der Waals surface area contributed by atoms with Gasteiger partial charge in [-0.25, -0.2) is 18.3 Å². The van der Waals surface area contributed by atoms with E-state index < -0.39 is 21.8 Å². The third-order valence-corrected chi connectivity index (χ3v) is 6.91. The van der Waals surface area contributed by atoms with Gasteiger partial charge in [-0.3, -0.25) is 14.3 Å². The first-order chi connectivity index (χ1) is 15.7. The number of hydrogen-bond donors (Lipinski definition) is 2. The van der Waals surface area contributed by atoms with Gasteiger partial charge in [-0.2, -0.15) is 0 Å². The van der Waals surface area contributed by atoms with Crippen LogP contribution in [0.3, 0.4) is 0 Å². The zero-order valence-corrected chi connectivity index (χ0v) is 19.4. The van der Waals surface area contributed by atoms with E-state index in [2.05, 4.69) is 15.0 Å². The molecule has 2 amide bonds. The third-order valence-electron chi connectivity index (χ3n) is 4.78. The first-order valence-corrected chi connectivity index (χ1v) is 11.8. The third kappa shape index (κ3) is 4.56. The van der Waals surface area contributed by atoms with Gasteiger partial charge in [-0.15, -0.1) is 0 Å². The Morgan fingerprint density at radius 2 is 1.67 bits per heavy atom. The van der Waals surface area contributed by atoms with Crippen molar-refractivity contribution in [1.82, 2.24) is 4.98 Å². The summed E-state index contributed by atoms with van der Waals surface area (Å²) >= 11 is 12.3. The molecule has 3 aromatic rings. The highest BCUT2D eigenvalue weighted by atomic mass is 35.5. The second-order valence-electron chi connectivity index (χ2n) is 7.04. The van der Waals surface area contributed by atoms with Crippen LogP contribution < -0.4 is 14.9 Å². The second kappa shape index (κ2) is 8.86. The molecule has 0 saturated carbocycles. The number of aryl methyl sites for hydroxylation is 1.